The van der Waals surface area contributed by atoms with Crippen LogP contribution in [0.1, 0.15) is 45.1 Å². The van der Waals surface area contributed by atoms with Crippen molar-refractivity contribution in [1.82, 2.24) is 0 Å². The van der Waals surface area contributed by atoms with E-state index < -0.39 is 0 Å². The van der Waals surface area contributed by atoms with Gasteiger partial charge in [0.2, 0.25) is 0 Å². The van der Waals surface area contributed by atoms with Crippen molar-refractivity contribution in [3.8, 4) is 0 Å². The maximum absolute atomic E-state index is 6.49. The number of benzene rings is 1. The molecule has 0 spiro atoms. The molecule has 0 fully saturated rings. The van der Waals surface area contributed by atoms with Gasteiger partial charge in [0.05, 0.1) is 0 Å². The Balaban J connectivity index is 2.23. The molecule has 0 unspecified atom stereocenters. The Morgan fingerprint density at radius 3 is 2.61 bits per heavy atom. The van der Waals surface area contributed by atoms with Crippen molar-refractivity contribution in [3.05, 3.63) is 29.8 Å². The molecule has 18 heavy (non-hydrogen) atoms. The number of anilines is 1. The number of para-hydroxylation sites is 1. The van der Waals surface area contributed by atoms with E-state index >= 15 is 0 Å². The van der Waals surface area contributed by atoms with Gasteiger partial charge in [-0.15, -0.1) is 0 Å². The quantitative estimate of drug-likeness (QED) is 0.883. The van der Waals surface area contributed by atoms with Gasteiger partial charge in [-0.25, -0.2) is 0 Å². The topological polar surface area (TPSA) is 29.3 Å². The molecule has 1 aromatic carbocycles. The Morgan fingerprint density at radius 2 is 1.89 bits per heavy atom. The Labute approximate surface area is 111 Å². The molecule has 0 aliphatic carbocycles. The van der Waals surface area contributed by atoms with Crippen LogP contribution in [0.3, 0.4) is 0 Å². The fraction of sp³-hybridized carbons (Fsp3) is 0.625. The van der Waals surface area contributed by atoms with Crippen molar-refractivity contribution in [2.75, 3.05) is 18.0 Å². The highest BCUT2D eigenvalue weighted by atomic mass is 15.2. The minimum absolute atomic E-state index is 0.0442. The summed E-state index contributed by atoms with van der Waals surface area (Å²) >= 11 is 0. The van der Waals surface area contributed by atoms with Crippen LogP contribution in [0, 0.1) is 0 Å². The van der Waals surface area contributed by atoms with E-state index in [4.69, 9.17) is 5.73 Å². The van der Waals surface area contributed by atoms with Gasteiger partial charge in [0, 0.05) is 24.3 Å². The molecule has 0 amide bonds. The summed E-state index contributed by atoms with van der Waals surface area (Å²) in [6.45, 7) is 6.54. The number of fused-ring (bicyclic) bond motifs is 1. The fourth-order valence-corrected chi connectivity index (χ4v) is 2.79. The molecule has 0 saturated heterocycles. The SMILES string of the molecule is CCC(N)(CC)CN1CCCCc2ccccc21. The lowest BCUT2D eigenvalue weighted by Gasteiger charge is -2.35. The van der Waals surface area contributed by atoms with E-state index in [2.05, 4.69) is 43.0 Å². The Kier molecular flexibility index (Phi) is 4.28. The summed E-state index contributed by atoms with van der Waals surface area (Å²) in [6, 6.07) is 8.82. The highest BCUT2D eigenvalue weighted by Gasteiger charge is 2.25. The van der Waals surface area contributed by atoms with Crippen LogP contribution in [0.5, 0.6) is 0 Å². The standard InChI is InChI=1S/C16H26N2/c1-3-16(17,4-2)13-18-12-8-7-10-14-9-5-6-11-15(14)18/h5-6,9,11H,3-4,7-8,10,12-13,17H2,1-2H3. The third-order valence-electron chi connectivity index (χ3n) is 4.37. The van der Waals surface area contributed by atoms with Gasteiger partial charge >= 0.3 is 0 Å². The zero-order valence-electron chi connectivity index (χ0n) is 11.8. The maximum atomic E-state index is 6.49. The van der Waals surface area contributed by atoms with Crippen LogP contribution in [-0.2, 0) is 6.42 Å². The van der Waals surface area contributed by atoms with Crippen molar-refractivity contribution in [2.45, 2.75) is 51.5 Å². The van der Waals surface area contributed by atoms with Gasteiger partial charge in [-0.05, 0) is 43.7 Å². The number of hydrogen-bond donors (Lipinski definition) is 1. The van der Waals surface area contributed by atoms with Gasteiger partial charge in [0.25, 0.3) is 0 Å². The third kappa shape index (κ3) is 2.86. The molecule has 1 aliphatic heterocycles. The van der Waals surface area contributed by atoms with Crippen LogP contribution in [0.4, 0.5) is 5.69 Å². The van der Waals surface area contributed by atoms with Crippen LogP contribution >= 0.6 is 0 Å². The van der Waals surface area contributed by atoms with Crippen LogP contribution in [-0.4, -0.2) is 18.6 Å². The Morgan fingerprint density at radius 1 is 1.17 bits per heavy atom. The van der Waals surface area contributed by atoms with E-state index in [1.807, 2.05) is 0 Å². The van der Waals surface area contributed by atoms with Crippen molar-refractivity contribution in [3.63, 3.8) is 0 Å². The Hall–Kier alpha value is -1.02. The zero-order valence-corrected chi connectivity index (χ0v) is 11.8. The number of rotatable bonds is 4. The molecular weight excluding hydrogens is 220 g/mol. The van der Waals surface area contributed by atoms with E-state index in [9.17, 15) is 0 Å². The van der Waals surface area contributed by atoms with Crippen molar-refractivity contribution in [1.29, 1.82) is 0 Å². The first kappa shape index (κ1) is 13.4. The van der Waals surface area contributed by atoms with Crippen molar-refractivity contribution < 1.29 is 0 Å². The fourth-order valence-electron chi connectivity index (χ4n) is 2.79. The predicted octanol–water partition coefficient (Wildman–Crippen LogP) is 3.35. The first-order chi connectivity index (χ1) is 8.68. The average molecular weight is 246 g/mol. The van der Waals surface area contributed by atoms with Gasteiger partial charge in [-0.3, -0.25) is 0 Å². The highest BCUT2D eigenvalue weighted by Crippen LogP contribution is 2.28. The molecule has 0 aromatic heterocycles. The number of hydrogen-bond acceptors (Lipinski definition) is 2. The first-order valence-electron chi connectivity index (χ1n) is 7.30. The summed E-state index contributed by atoms with van der Waals surface area (Å²) in [4.78, 5) is 2.51. The first-order valence-corrected chi connectivity index (χ1v) is 7.30. The molecule has 0 atom stereocenters. The third-order valence-corrected chi connectivity index (χ3v) is 4.37. The number of nitrogens with zero attached hydrogens (tertiary/aromatic N) is 1. The largest absolute Gasteiger partial charge is 0.369 e. The van der Waals surface area contributed by atoms with Gasteiger partial charge in [0.15, 0.2) is 0 Å². The highest BCUT2D eigenvalue weighted by molar-refractivity contribution is 5.54. The van der Waals surface area contributed by atoms with Crippen LogP contribution < -0.4 is 10.6 Å². The number of aryl methyl sites for hydroxylation is 1. The predicted molar refractivity (Wildman–Crippen MR) is 79.1 cm³/mol. The van der Waals surface area contributed by atoms with Gasteiger partial charge in [-0.1, -0.05) is 32.0 Å². The van der Waals surface area contributed by atoms with E-state index in [1.165, 1.54) is 30.5 Å². The summed E-state index contributed by atoms with van der Waals surface area (Å²) < 4.78 is 0. The van der Waals surface area contributed by atoms with Crippen LogP contribution in [0.2, 0.25) is 0 Å². The summed E-state index contributed by atoms with van der Waals surface area (Å²) in [5.74, 6) is 0. The second-order valence-electron chi connectivity index (χ2n) is 5.58. The van der Waals surface area contributed by atoms with Gasteiger partial charge in [0.1, 0.15) is 0 Å². The Bertz CT molecular complexity index is 382. The number of nitrogens with two attached hydrogens (primary N) is 1. The van der Waals surface area contributed by atoms with E-state index in [-0.39, 0.29) is 5.54 Å². The van der Waals surface area contributed by atoms with E-state index in [1.54, 1.807) is 0 Å². The van der Waals surface area contributed by atoms with E-state index in [0.29, 0.717) is 0 Å². The van der Waals surface area contributed by atoms with Gasteiger partial charge in [-0.2, -0.15) is 0 Å². The van der Waals surface area contributed by atoms with Crippen molar-refractivity contribution in [2.24, 2.45) is 5.73 Å². The van der Waals surface area contributed by atoms with Gasteiger partial charge < -0.3 is 10.6 Å². The normalized spacial score (nSPS) is 16.3. The summed E-state index contributed by atoms with van der Waals surface area (Å²) in [5.41, 5.74) is 9.35. The summed E-state index contributed by atoms with van der Waals surface area (Å²) in [6.07, 6.45) is 5.87. The van der Waals surface area contributed by atoms with Crippen LogP contribution in [0.25, 0.3) is 0 Å². The lowest BCUT2D eigenvalue weighted by atomic mass is 9.93. The zero-order chi connectivity index (χ0) is 13.0. The second kappa shape index (κ2) is 5.75. The molecule has 1 aromatic rings. The smallest absolute Gasteiger partial charge is 0.0399 e. The van der Waals surface area contributed by atoms with Crippen LogP contribution in [0.15, 0.2) is 24.3 Å². The lowest BCUT2D eigenvalue weighted by molar-refractivity contribution is 0.393. The molecule has 0 radical (unpaired) electrons. The maximum Gasteiger partial charge on any atom is 0.0399 e. The molecule has 2 N–H and O–H groups in total. The monoisotopic (exact) mass is 246 g/mol. The minimum atomic E-state index is -0.0442. The second-order valence-corrected chi connectivity index (χ2v) is 5.58. The van der Waals surface area contributed by atoms with E-state index in [0.717, 1.165) is 25.9 Å². The molecule has 100 valence electrons. The molecule has 0 saturated carbocycles. The summed E-state index contributed by atoms with van der Waals surface area (Å²) in [5, 5.41) is 0. The molecule has 2 rings (SSSR count). The average Bonchev–Trinajstić information content (AvgIpc) is 2.61. The molecular formula is C16H26N2. The lowest BCUT2D eigenvalue weighted by Crippen LogP contribution is -2.49. The minimum Gasteiger partial charge on any atom is -0.369 e. The molecule has 0 bridgehead atoms. The molecule has 1 aliphatic rings. The molecule has 1 heterocycles. The summed E-state index contributed by atoms with van der Waals surface area (Å²) in [7, 11) is 0. The molecule has 2 nitrogen and oxygen atoms in total. The molecule has 2 heteroatoms. The van der Waals surface area contributed by atoms with Crippen molar-refractivity contribution >= 4 is 5.69 Å².